The second-order valence-electron chi connectivity index (χ2n) is 8.33. The van der Waals surface area contributed by atoms with Crippen LogP contribution in [0.25, 0.3) is 0 Å². The van der Waals surface area contributed by atoms with Gasteiger partial charge in [-0.05, 0) is 60.7 Å². The normalized spacial score (nSPS) is 16.9. The summed E-state index contributed by atoms with van der Waals surface area (Å²) in [5.74, 6) is -0.762. The summed E-state index contributed by atoms with van der Waals surface area (Å²) in [5, 5.41) is 2.82. The standard InChI is InChI=1S/C24H30N2O6S/c1-16(2)18-9-12-21(31-3)22(14-18)33(29,30)26-13-5-6-19(15-26)23(27)25-20-10-7-17(8-11-20)24(28)32-4/h7-12,14,16,19H,5-6,13,15H2,1-4H3,(H,25,27)/t19-/m0/s1. The summed E-state index contributed by atoms with van der Waals surface area (Å²) in [6, 6.07) is 11.5. The van der Waals surface area contributed by atoms with Gasteiger partial charge in [-0.2, -0.15) is 4.31 Å². The molecular weight excluding hydrogens is 444 g/mol. The van der Waals surface area contributed by atoms with Crippen molar-refractivity contribution < 1.29 is 27.5 Å². The van der Waals surface area contributed by atoms with Gasteiger partial charge in [-0.25, -0.2) is 13.2 Å². The highest BCUT2D eigenvalue weighted by Gasteiger charge is 2.35. The highest BCUT2D eigenvalue weighted by molar-refractivity contribution is 7.89. The predicted molar refractivity (Wildman–Crippen MR) is 125 cm³/mol. The molecule has 1 heterocycles. The predicted octanol–water partition coefficient (Wildman–Crippen LogP) is 3.64. The van der Waals surface area contributed by atoms with E-state index in [4.69, 9.17) is 4.74 Å². The van der Waals surface area contributed by atoms with Gasteiger partial charge in [-0.1, -0.05) is 19.9 Å². The average Bonchev–Trinajstić information content (AvgIpc) is 2.83. The van der Waals surface area contributed by atoms with Crippen LogP contribution in [0, 0.1) is 5.92 Å². The average molecular weight is 475 g/mol. The number of ether oxygens (including phenoxy) is 2. The van der Waals surface area contributed by atoms with Gasteiger partial charge in [0.2, 0.25) is 15.9 Å². The maximum absolute atomic E-state index is 13.5. The van der Waals surface area contributed by atoms with E-state index in [1.807, 2.05) is 19.9 Å². The zero-order valence-corrected chi connectivity index (χ0v) is 20.1. The molecule has 2 aromatic rings. The number of amides is 1. The molecule has 9 heteroatoms. The largest absolute Gasteiger partial charge is 0.495 e. The number of hydrogen-bond acceptors (Lipinski definition) is 6. The number of methoxy groups -OCH3 is 2. The maximum atomic E-state index is 13.5. The van der Waals surface area contributed by atoms with Gasteiger partial charge in [-0.3, -0.25) is 4.79 Å². The van der Waals surface area contributed by atoms with Crippen molar-refractivity contribution in [3.05, 3.63) is 53.6 Å². The fraction of sp³-hybridized carbons (Fsp3) is 0.417. The first kappa shape index (κ1) is 24.7. The summed E-state index contributed by atoms with van der Waals surface area (Å²) in [6.45, 7) is 4.42. The molecule has 0 spiro atoms. The Morgan fingerprint density at radius 2 is 1.79 bits per heavy atom. The number of hydrogen-bond donors (Lipinski definition) is 1. The molecule has 0 radical (unpaired) electrons. The van der Waals surface area contributed by atoms with Crippen LogP contribution in [0.2, 0.25) is 0 Å². The van der Waals surface area contributed by atoms with E-state index >= 15 is 0 Å². The Labute approximate surface area is 194 Å². The van der Waals surface area contributed by atoms with Gasteiger partial charge in [0.05, 0.1) is 25.7 Å². The maximum Gasteiger partial charge on any atom is 0.337 e. The molecule has 8 nitrogen and oxygen atoms in total. The first-order valence-corrected chi connectivity index (χ1v) is 12.3. The van der Waals surface area contributed by atoms with E-state index < -0.39 is 21.9 Å². The lowest BCUT2D eigenvalue weighted by molar-refractivity contribution is -0.120. The molecule has 1 atom stereocenters. The molecule has 1 fully saturated rings. The van der Waals surface area contributed by atoms with Crippen LogP contribution in [0.5, 0.6) is 5.75 Å². The number of carbonyl (C=O) groups is 2. The van der Waals surface area contributed by atoms with Crippen molar-refractivity contribution in [3.63, 3.8) is 0 Å². The summed E-state index contributed by atoms with van der Waals surface area (Å²) in [6.07, 6.45) is 1.16. The van der Waals surface area contributed by atoms with Crippen LogP contribution in [0.1, 0.15) is 48.5 Å². The fourth-order valence-corrected chi connectivity index (χ4v) is 5.53. The first-order chi connectivity index (χ1) is 15.7. The third-order valence-corrected chi connectivity index (χ3v) is 7.69. The number of esters is 1. The van der Waals surface area contributed by atoms with E-state index in [-0.39, 0.29) is 29.0 Å². The van der Waals surface area contributed by atoms with E-state index in [1.54, 1.807) is 36.4 Å². The Bertz CT molecular complexity index is 1110. The highest BCUT2D eigenvalue weighted by Crippen LogP contribution is 2.32. The second-order valence-corrected chi connectivity index (χ2v) is 10.2. The molecule has 1 saturated heterocycles. The Balaban J connectivity index is 1.76. The van der Waals surface area contributed by atoms with Crippen molar-refractivity contribution >= 4 is 27.6 Å². The minimum atomic E-state index is -3.84. The molecule has 33 heavy (non-hydrogen) atoms. The zero-order chi connectivity index (χ0) is 24.2. The molecule has 0 aromatic heterocycles. The molecule has 1 N–H and O–H groups in total. The van der Waals surface area contributed by atoms with Crippen LogP contribution < -0.4 is 10.1 Å². The minimum Gasteiger partial charge on any atom is -0.495 e. The summed E-state index contributed by atoms with van der Waals surface area (Å²) in [7, 11) is -1.09. The lowest BCUT2D eigenvalue weighted by Crippen LogP contribution is -2.43. The summed E-state index contributed by atoms with van der Waals surface area (Å²) in [5.41, 5.74) is 1.80. The van der Waals surface area contributed by atoms with E-state index in [9.17, 15) is 18.0 Å². The van der Waals surface area contributed by atoms with Crippen LogP contribution in [-0.4, -0.2) is 51.9 Å². The SMILES string of the molecule is COC(=O)c1ccc(NC(=O)[C@H]2CCCN(S(=O)(=O)c3cc(C(C)C)ccc3OC)C2)cc1. The van der Waals surface area contributed by atoms with Crippen LogP contribution in [-0.2, 0) is 19.6 Å². The molecule has 1 aliphatic heterocycles. The second kappa shape index (κ2) is 10.4. The Morgan fingerprint density at radius 3 is 2.39 bits per heavy atom. The molecular formula is C24H30N2O6S. The van der Waals surface area contributed by atoms with Gasteiger partial charge in [0, 0.05) is 18.8 Å². The van der Waals surface area contributed by atoms with Crippen molar-refractivity contribution in [2.24, 2.45) is 5.92 Å². The van der Waals surface area contributed by atoms with E-state index in [2.05, 4.69) is 10.1 Å². The van der Waals surface area contributed by atoms with Gasteiger partial charge in [-0.15, -0.1) is 0 Å². The number of piperidine rings is 1. The summed E-state index contributed by atoms with van der Waals surface area (Å²) in [4.78, 5) is 24.6. The van der Waals surface area contributed by atoms with Gasteiger partial charge >= 0.3 is 5.97 Å². The molecule has 2 aromatic carbocycles. The smallest absolute Gasteiger partial charge is 0.337 e. The molecule has 0 bridgehead atoms. The minimum absolute atomic E-state index is 0.0868. The number of nitrogens with one attached hydrogen (secondary N) is 1. The Hall–Kier alpha value is -2.91. The monoisotopic (exact) mass is 474 g/mol. The molecule has 0 saturated carbocycles. The first-order valence-electron chi connectivity index (χ1n) is 10.8. The van der Waals surface area contributed by atoms with Crippen LogP contribution in [0.3, 0.4) is 0 Å². The van der Waals surface area contributed by atoms with Crippen molar-refractivity contribution in [2.75, 3.05) is 32.6 Å². The molecule has 3 rings (SSSR count). The van der Waals surface area contributed by atoms with E-state index in [0.717, 1.165) is 5.56 Å². The van der Waals surface area contributed by atoms with Crippen LogP contribution in [0.4, 0.5) is 5.69 Å². The Morgan fingerprint density at radius 1 is 1.09 bits per heavy atom. The van der Waals surface area contributed by atoms with E-state index in [1.165, 1.54) is 18.5 Å². The molecule has 178 valence electrons. The lowest BCUT2D eigenvalue weighted by Gasteiger charge is -2.31. The number of nitrogens with zero attached hydrogens (tertiary/aromatic N) is 1. The molecule has 1 amide bonds. The van der Waals surface area contributed by atoms with Gasteiger partial charge in [0.25, 0.3) is 0 Å². The summed E-state index contributed by atoms with van der Waals surface area (Å²) < 4.78 is 38.3. The topological polar surface area (TPSA) is 102 Å². The molecule has 0 aliphatic carbocycles. The third-order valence-electron chi connectivity index (χ3n) is 5.80. The number of rotatable bonds is 7. The van der Waals surface area contributed by atoms with E-state index in [0.29, 0.717) is 30.6 Å². The quantitative estimate of drug-likeness (QED) is 0.615. The van der Waals surface area contributed by atoms with Crippen LogP contribution in [0.15, 0.2) is 47.4 Å². The van der Waals surface area contributed by atoms with Gasteiger partial charge in [0.15, 0.2) is 0 Å². The fourth-order valence-electron chi connectivity index (χ4n) is 3.82. The van der Waals surface area contributed by atoms with Crippen molar-refractivity contribution in [3.8, 4) is 5.75 Å². The lowest BCUT2D eigenvalue weighted by atomic mass is 9.98. The number of anilines is 1. The van der Waals surface area contributed by atoms with Crippen molar-refractivity contribution in [1.29, 1.82) is 0 Å². The highest BCUT2D eigenvalue weighted by atomic mass is 32.2. The number of carbonyl (C=O) groups excluding carboxylic acids is 2. The molecule has 0 unspecified atom stereocenters. The number of sulfonamides is 1. The van der Waals surface area contributed by atoms with Gasteiger partial charge < -0.3 is 14.8 Å². The van der Waals surface area contributed by atoms with Crippen LogP contribution >= 0.6 is 0 Å². The molecule has 1 aliphatic rings. The zero-order valence-electron chi connectivity index (χ0n) is 19.3. The summed E-state index contributed by atoms with van der Waals surface area (Å²) >= 11 is 0. The van der Waals surface area contributed by atoms with Crippen molar-refractivity contribution in [2.45, 2.75) is 37.5 Å². The number of benzene rings is 2. The van der Waals surface area contributed by atoms with Gasteiger partial charge in [0.1, 0.15) is 10.6 Å². The Kier molecular flexibility index (Phi) is 7.76. The third kappa shape index (κ3) is 5.54. The van der Waals surface area contributed by atoms with Crippen molar-refractivity contribution in [1.82, 2.24) is 4.31 Å².